The number of para-hydroxylation sites is 1. The molecule has 0 saturated carbocycles. The van der Waals surface area contributed by atoms with E-state index in [9.17, 15) is 9.59 Å². The van der Waals surface area contributed by atoms with E-state index >= 15 is 0 Å². The highest BCUT2D eigenvalue weighted by Gasteiger charge is 2.28. The first-order chi connectivity index (χ1) is 13.2. The molecule has 0 aliphatic carbocycles. The molecule has 0 bridgehead atoms. The molecule has 4 nitrogen and oxygen atoms in total. The topological polar surface area (TPSA) is 40.6 Å². The van der Waals surface area contributed by atoms with Gasteiger partial charge in [0.1, 0.15) is 6.54 Å². The average molecular weight is 376 g/mol. The molecule has 0 aromatic heterocycles. The van der Waals surface area contributed by atoms with E-state index in [2.05, 4.69) is 6.07 Å². The molecule has 136 valence electrons. The largest absolute Gasteiger partial charge is 0.311 e. The molecule has 2 amide bonds. The summed E-state index contributed by atoms with van der Waals surface area (Å²) in [7, 11) is 0. The van der Waals surface area contributed by atoms with Crippen LogP contribution in [0.4, 0.5) is 11.4 Å². The third-order valence-corrected chi connectivity index (χ3v) is 5.81. The Balaban J connectivity index is 1.61. The average Bonchev–Trinajstić information content (AvgIpc) is 2.70. The SMILES string of the molecule is CCN(C(=O)CN1C(=O)CSc2ccccc21)c1ccc2ccccc2c1. The van der Waals surface area contributed by atoms with E-state index in [-0.39, 0.29) is 18.4 Å². The van der Waals surface area contributed by atoms with Gasteiger partial charge in [-0.3, -0.25) is 9.59 Å². The fourth-order valence-corrected chi connectivity index (χ4v) is 4.33. The van der Waals surface area contributed by atoms with Crippen LogP contribution in [0, 0.1) is 0 Å². The molecule has 0 radical (unpaired) electrons. The van der Waals surface area contributed by atoms with E-state index in [1.165, 1.54) is 11.8 Å². The summed E-state index contributed by atoms with van der Waals surface area (Å²) in [5.41, 5.74) is 1.68. The number of hydrogen-bond acceptors (Lipinski definition) is 3. The predicted octanol–water partition coefficient (Wildman–Crippen LogP) is 4.33. The molecule has 4 rings (SSSR count). The third-order valence-electron chi connectivity index (χ3n) is 4.76. The van der Waals surface area contributed by atoms with Crippen molar-refractivity contribution >= 4 is 45.7 Å². The summed E-state index contributed by atoms with van der Waals surface area (Å²) in [6, 6.07) is 21.8. The van der Waals surface area contributed by atoms with Gasteiger partial charge >= 0.3 is 0 Å². The number of carbonyl (C=O) groups excluding carboxylic acids is 2. The maximum absolute atomic E-state index is 13.1. The van der Waals surface area contributed by atoms with Gasteiger partial charge in [0, 0.05) is 17.1 Å². The van der Waals surface area contributed by atoms with Crippen molar-refractivity contribution in [2.24, 2.45) is 0 Å². The Bertz CT molecular complexity index is 1020. The monoisotopic (exact) mass is 376 g/mol. The minimum atomic E-state index is -0.0807. The fraction of sp³-hybridized carbons (Fsp3) is 0.182. The lowest BCUT2D eigenvalue weighted by molar-refractivity contribution is -0.121. The number of rotatable bonds is 4. The van der Waals surface area contributed by atoms with Gasteiger partial charge in [-0.15, -0.1) is 11.8 Å². The van der Waals surface area contributed by atoms with Crippen LogP contribution in [0.15, 0.2) is 71.6 Å². The minimum absolute atomic E-state index is 0.0263. The normalized spacial score (nSPS) is 13.5. The second kappa shape index (κ2) is 7.45. The minimum Gasteiger partial charge on any atom is -0.311 e. The second-order valence-corrected chi connectivity index (χ2v) is 7.42. The Morgan fingerprint density at radius 1 is 1.04 bits per heavy atom. The zero-order valence-electron chi connectivity index (χ0n) is 15.1. The quantitative estimate of drug-likeness (QED) is 0.680. The van der Waals surface area contributed by atoms with Crippen LogP contribution < -0.4 is 9.80 Å². The van der Waals surface area contributed by atoms with Crippen LogP contribution in [0.3, 0.4) is 0 Å². The lowest BCUT2D eigenvalue weighted by Crippen LogP contribution is -2.45. The molecule has 1 aliphatic heterocycles. The van der Waals surface area contributed by atoms with Crippen molar-refractivity contribution in [3.05, 3.63) is 66.7 Å². The molecule has 0 N–H and O–H groups in total. The molecule has 27 heavy (non-hydrogen) atoms. The van der Waals surface area contributed by atoms with Crippen molar-refractivity contribution in [1.82, 2.24) is 0 Å². The number of thioether (sulfide) groups is 1. The van der Waals surface area contributed by atoms with Gasteiger partial charge in [0.05, 0.1) is 11.4 Å². The van der Waals surface area contributed by atoms with E-state index in [1.807, 2.05) is 67.6 Å². The Kier molecular flexibility index (Phi) is 4.86. The zero-order valence-corrected chi connectivity index (χ0v) is 15.9. The molecule has 0 saturated heterocycles. The number of benzene rings is 3. The molecule has 1 aliphatic rings. The molecule has 0 atom stereocenters. The molecular formula is C22H20N2O2S. The van der Waals surface area contributed by atoms with E-state index in [0.29, 0.717) is 12.3 Å². The van der Waals surface area contributed by atoms with Crippen molar-refractivity contribution in [1.29, 1.82) is 0 Å². The van der Waals surface area contributed by atoms with Crippen LogP contribution in [0.2, 0.25) is 0 Å². The first-order valence-electron chi connectivity index (χ1n) is 8.98. The Morgan fingerprint density at radius 3 is 2.59 bits per heavy atom. The summed E-state index contributed by atoms with van der Waals surface area (Å²) >= 11 is 1.52. The first-order valence-corrected chi connectivity index (χ1v) is 9.97. The highest BCUT2D eigenvalue weighted by atomic mass is 32.2. The highest BCUT2D eigenvalue weighted by molar-refractivity contribution is 8.00. The van der Waals surface area contributed by atoms with Gasteiger partial charge in [0.15, 0.2) is 0 Å². The summed E-state index contributed by atoms with van der Waals surface area (Å²) in [4.78, 5) is 29.9. The number of anilines is 2. The lowest BCUT2D eigenvalue weighted by atomic mass is 10.1. The van der Waals surface area contributed by atoms with Crippen LogP contribution in [-0.4, -0.2) is 30.7 Å². The van der Waals surface area contributed by atoms with Gasteiger partial charge in [-0.1, -0.05) is 42.5 Å². The van der Waals surface area contributed by atoms with Crippen molar-refractivity contribution in [3.63, 3.8) is 0 Å². The fourth-order valence-electron chi connectivity index (χ4n) is 3.40. The molecule has 0 unspecified atom stereocenters. The molecule has 3 aromatic rings. The smallest absolute Gasteiger partial charge is 0.247 e. The Labute approximate surface area is 162 Å². The predicted molar refractivity (Wildman–Crippen MR) is 111 cm³/mol. The number of fused-ring (bicyclic) bond motifs is 2. The number of likely N-dealkylation sites (N-methyl/N-ethyl adjacent to an activating group) is 1. The lowest BCUT2D eigenvalue weighted by Gasteiger charge is -2.30. The molecule has 3 aromatic carbocycles. The van der Waals surface area contributed by atoms with Crippen LogP contribution in [0.1, 0.15) is 6.92 Å². The summed E-state index contributed by atoms with van der Waals surface area (Å²) in [6.07, 6.45) is 0. The molecule has 0 fully saturated rings. The van der Waals surface area contributed by atoms with Crippen molar-refractivity contribution in [2.75, 3.05) is 28.6 Å². The highest BCUT2D eigenvalue weighted by Crippen LogP contribution is 2.35. The van der Waals surface area contributed by atoms with Gasteiger partial charge in [-0.25, -0.2) is 0 Å². The van der Waals surface area contributed by atoms with Crippen LogP contribution >= 0.6 is 11.8 Å². The number of amides is 2. The summed E-state index contributed by atoms with van der Waals surface area (Å²) in [5.74, 6) is 0.260. The van der Waals surface area contributed by atoms with E-state index in [0.717, 1.165) is 27.0 Å². The number of hydrogen-bond donors (Lipinski definition) is 0. The van der Waals surface area contributed by atoms with E-state index in [4.69, 9.17) is 0 Å². The van der Waals surface area contributed by atoms with Gasteiger partial charge in [0.25, 0.3) is 0 Å². The second-order valence-electron chi connectivity index (χ2n) is 6.41. The van der Waals surface area contributed by atoms with E-state index in [1.54, 1.807) is 9.80 Å². The van der Waals surface area contributed by atoms with Gasteiger partial charge in [0.2, 0.25) is 11.8 Å². The molecule has 0 spiro atoms. The first kappa shape index (κ1) is 17.6. The van der Waals surface area contributed by atoms with Crippen molar-refractivity contribution in [3.8, 4) is 0 Å². The van der Waals surface area contributed by atoms with Crippen LogP contribution in [0.5, 0.6) is 0 Å². The Hall–Kier alpha value is -2.79. The number of carbonyl (C=O) groups is 2. The molecule has 1 heterocycles. The Morgan fingerprint density at radius 2 is 1.78 bits per heavy atom. The van der Waals surface area contributed by atoms with Gasteiger partial charge in [-0.2, -0.15) is 0 Å². The summed E-state index contributed by atoms with van der Waals surface area (Å²) in [6.45, 7) is 2.56. The summed E-state index contributed by atoms with van der Waals surface area (Å²) in [5, 5.41) is 2.24. The number of nitrogens with zero attached hydrogens (tertiary/aromatic N) is 2. The standard InChI is InChI=1S/C22H20N2O2S/c1-2-23(18-12-11-16-7-3-4-8-17(16)13-18)21(25)14-24-19-9-5-6-10-20(19)27-15-22(24)26/h3-13H,2,14-15H2,1H3. The molecule has 5 heteroatoms. The van der Waals surface area contributed by atoms with Crippen LogP contribution in [0.25, 0.3) is 10.8 Å². The van der Waals surface area contributed by atoms with E-state index < -0.39 is 0 Å². The van der Waals surface area contributed by atoms with Gasteiger partial charge < -0.3 is 9.80 Å². The molecular weight excluding hydrogens is 356 g/mol. The van der Waals surface area contributed by atoms with Crippen molar-refractivity contribution in [2.45, 2.75) is 11.8 Å². The maximum Gasteiger partial charge on any atom is 0.247 e. The summed E-state index contributed by atoms with van der Waals surface area (Å²) < 4.78 is 0. The van der Waals surface area contributed by atoms with Crippen molar-refractivity contribution < 1.29 is 9.59 Å². The van der Waals surface area contributed by atoms with Gasteiger partial charge in [-0.05, 0) is 42.0 Å². The maximum atomic E-state index is 13.1. The zero-order chi connectivity index (χ0) is 18.8. The van der Waals surface area contributed by atoms with Crippen LogP contribution in [-0.2, 0) is 9.59 Å². The third kappa shape index (κ3) is 3.43.